The summed E-state index contributed by atoms with van der Waals surface area (Å²) in [5, 5.41) is 0. The van der Waals surface area contributed by atoms with Crippen molar-refractivity contribution in [2.24, 2.45) is 0 Å². The minimum Gasteiger partial charge on any atom is -0.282 e. The highest BCUT2D eigenvalue weighted by molar-refractivity contribution is 5.89. The molecule has 1 N–H and O–H groups in total. The monoisotopic (exact) mass is 316 g/mol. The van der Waals surface area contributed by atoms with Crippen LogP contribution in [0.25, 0.3) is 5.69 Å². The molecule has 7 nitrogen and oxygen atoms in total. The smallest absolute Gasteiger partial charge is 0.282 e. The zero-order valence-corrected chi connectivity index (χ0v) is 13.5. The summed E-state index contributed by atoms with van der Waals surface area (Å²) in [6, 6.07) is 6.96. The van der Waals surface area contributed by atoms with Crippen LogP contribution in [0.5, 0.6) is 0 Å². The van der Waals surface area contributed by atoms with Crippen LogP contribution in [0.3, 0.4) is 0 Å². The van der Waals surface area contributed by atoms with Crippen LogP contribution in [0.4, 0.5) is 5.95 Å². The maximum absolute atomic E-state index is 12.3. The minimum atomic E-state index is -0.713. The molecule has 0 fully saturated rings. The Morgan fingerprint density at radius 2 is 1.91 bits per heavy atom. The molecule has 2 aromatic rings. The predicted octanol–water partition coefficient (Wildman–Crippen LogP) is 1.38. The summed E-state index contributed by atoms with van der Waals surface area (Å²) < 4.78 is 0.946. The van der Waals surface area contributed by atoms with E-state index in [1.165, 1.54) is 11.8 Å². The highest BCUT2D eigenvalue weighted by Crippen LogP contribution is 2.07. The highest BCUT2D eigenvalue weighted by atomic mass is 16.2. The second-order valence-corrected chi connectivity index (χ2v) is 5.34. The Labute approximate surface area is 133 Å². The predicted molar refractivity (Wildman–Crippen MR) is 88.1 cm³/mol. The quantitative estimate of drug-likeness (QED) is 0.902. The van der Waals surface area contributed by atoms with Crippen molar-refractivity contribution >= 4 is 11.9 Å². The molecule has 1 amide bonds. The Morgan fingerprint density at radius 3 is 2.43 bits per heavy atom. The van der Waals surface area contributed by atoms with E-state index >= 15 is 0 Å². The lowest BCUT2D eigenvalue weighted by Gasteiger charge is -2.19. The molecule has 2 rings (SSSR count). The van der Waals surface area contributed by atoms with Crippen LogP contribution in [-0.4, -0.2) is 27.0 Å². The minimum absolute atomic E-state index is 0.00990. The molecule has 0 aliphatic carbocycles. The first-order valence-electron chi connectivity index (χ1n) is 7.52. The Kier molecular flexibility index (Phi) is 5.10. The van der Waals surface area contributed by atoms with Gasteiger partial charge in [0.1, 0.15) is 0 Å². The number of hydrogen-bond donors (Lipinski definition) is 1. The van der Waals surface area contributed by atoms with Gasteiger partial charge in [0.25, 0.3) is 0 Å². The Hall–Kier alpha value is -2.70. The molecule has 1 heterocycles. The average molecular weight is 316 g/mol. The zero-order chi connectivity index (χ0) is 17.0. The van der Waals surface area contributed by atoms with Gasteiger partial charge in [-0.15, -0.1) is 0 Å². The first-order chi connectivity index (χ1) is 10.9. The van der Waals surface area contributed by atoms with Crippen LogP contribution in [-0.2, 0) is 4.79 Å². The van der Waals surface area contributed by atoms with E-state index < -0.39 is 11.4 Å². The van der Waals surface area contributed by atoms with Gasteiger partial charge in [-0.1, -0.05) is 31.0 Å². The molecule has 0 saturated carbocycles. The molecule has 1 aromatic carbocycles. The molecular weight excluding hydrogens is 296 g/mol. The number of aryl methyl sites for hydroxylation is 1. The maximum atomic E-state index is 12.3. The molecule has 1 aromatic heterocycles. The molecule has 0 saturated heterocycles. The van der Waals surface area contributed by atoms with E-state index in [-0.39, 0.29) is 11.9 Å². The van der Waals surface area contributed by atoms with Crippen molar-refractivity contribution in [1.82, 2.24) is 14.5 Å². The van der Waals surface area contributed by atoms with Crippen LogP contribution in [0.1, 0.15) is 32.3 Å². The number of anilines is 1. The molecule has 0 unspecified atom stereocenters. The number of benzene rings is 1. The normalized spacial score (nSPS) is 10.6. The Morgan fingerprint density at radius 1 is 1.26 bits per heavy atom. The van der Waals surface area contributed by atoms with Gasteiger partial charge in [0.05, 0.1) is 5.69 Å². The molecule has 0 aliphatic rings. The van der Waals surface area contributed by atoms with Gasteiger partial charge in [-0.2, -0.15) is 4.98 Å². The maximum Gasteiger partial charge on any atom is 0.359 e. The zero-order valence-electron chi connectivity index (χ0n) is 13.5. The number of amides is 1. The highest BCUT2D eigenvalue weighted by Gasteiger charge is 2.16. The van der Waals surface area contributed by atoms with Gasteiger partial charge >= 0.3 is 11.4 Å². The molecule has 0 atom stereocenters. The molecule has 122 valence electrons. The number of rotatable bonds is 5. The van der Waals surface area contributed by atoms with Crippen LogP contribution in [0.15, 0.2) is 33.9 Å². The number of nitrogens with one attached hydrogen (secondary N) is 1. The lowest BCUT2D eigenvalue weighted by Crippen LogP contribution is -2.41. The number of aromatic amines is 1. The third kappa shape index (κ3) is 3.74. The molecule has 0 aliphatic heterocycles. The molecule has 7 heteroatoms. The summed E-state index contributed by atoms with van der Waals surface area (Å²) >= 11 is 0. The summed E-state index contributed by atoms with van der Waals surface area (Å²) in [4.78, 5) is 43.9. The fraction of sp³-hybridized carbons (Fsp3) is 0.375. The summed E-state index contributed by atoms with van der Waals surface area (Å²) in [6.45, 7) is 5.68. The third-order valence-electron chi connectivity index (χ3n) is 3.48. The van der Waals surface area contributed by atoms with E-state index in [4.69, 9.17) is 0 Å². The number of carbonyl (C=O) groups is 1. The van der Waals surface area contributed by atoms with Crippen molar-refractivity contribution in [3.8, 4) is 5.69 Å². The fourth-order valence-electron chi connectivity index (χ4n) is 2.19. The first-order valence-corrected chi connectivity index (χ1v) is 7.52. The SMILES string of the molecule is CCCCN(C(C)=O)c1nc(=O)n(-c2ccc(C)cc2)c(=O)[nH]1. The van der Waals surface area contributed by atoms with Crippen LogP contribution >= 0.6 is 0 Å². The number of carbonyl (C=O) groups excluding carboxylic acids is 1. The van der Waals surface area contributed by atoms with Gasteiger partial charge in [-0.25, -0.2) is 14.2 Å². The average Bonchev–Trinajstić information content (AvgIpc) is 2.48. The van der Waals surface area contributed by atoms with E-state index in [2.05, 4.69) is 9.97 Å². The number of H-pyrrole nitrogens is 1. The van der Waals surface area contributed by atoms with Gasteiger partial charge in [-0.05, 0) is 25.5 Å². The summed E-state index contributed by atoms with van der Waals surface area (Å²) in [7, 11) is 0. The van der Waals surface area contributed by atoms with Crippen LogP contribution < -0.4 is 16.3 Å². The lowest BCUT2D eigenvalue weighted by atomic mass is 10.2. The lowest BCUT2D eigenvalue weighted by molar-refractivity contribution is -0.116. The van der Waals surface area contributed by atoms with E-state index in [9.17, 15) is 14.4 Å². The number of hydrogen-bond acceptors (Lipinski definition) is 4. The molecule has 0 bridgehead atoms. The second kappa shape index (κ2) is 7.04. The fourth-order valence-corrected chi connectivity index (χ4v) is 2.19. The topological polar surface area (TPSA) is 88.1 Å². The second-order valence-electron chi connectivity index (χ2n) is 5.34. The Bertz CT molecular complexity index is 774. The van der Waals surface area contributed by atoms with E-state index in [1.54, 1.807) is 24.3 Å². The van der Waals surface area contributed by atoms with Gasteiger partial charge in [0.2, 0.25) is 11.9 Å². The molecule has 23 heavy (non-hydrogen) atoms. The van der Waals surface area contributed by atoms with Gasteiger partial charge in [0.15, 0.2) is 0 Å². The summed E-state index contributed by atoms with van der Waals surface area (Å²) in [6.07, 6.45) is 1.64. The van der Waals surface area contributed by atoms with Crippen LogP contribution in [0.2, 0.25) is 0 Å². The van der Waals surface area contributed by atoms with Gasteiger partial charge in [-0.3, -0.25) is 14.7 Å². The van der Waals surface area contributed by atoms with Crippen molar-refractivity contribution in [2.75, 3.05) is 11.4 Å². The van der Waals surface area contributed by atoms with Crippen molar-refractivity contribution in [1.29, 1.82) is 0 Å². The molecular formula is C16H20N4O3. The first kappa shape index (κ1) is 16.7. The molecule has 0 radical (unpaired) electrons. The summed E-state index contributed by atoms with van der Waals surface area (Å²) in [5.41, 5.74) is 0.121. The third-order valence-corrected chi connectivity index (χ3v) is 3.48. The Balaban J connectivity index is 2.48. The largest absolute Gasteiger partial charge is 0.359 e. The van der Waals surface area contributed by atoms with Gasteiger partial charge in [0, 0.05) is 13.5 Å². The summed E-state index contributed by atoms with van der Waals surface area (Å²) in [5.74, 6) is -0.279. The van der Waals surface area contributed by atoms with E-state index in [0.717, 1.165) is 23.0 Å². The van der Waals surface area contributed by atoms with Crippen molar-refractivity contribution in [2.45, 2.75) is 33.6 Å². The van der Waals surface area contributed by atoms with Crippen molar-refractivity contribution in [3.63, 3.8) is 0 Å². The van der Waals surface area contributed by atoms with Crippen LogP contribution in [0, 0.1) is 6.92 Å². The van der Waals surface area contributed by atoms with E-state index in [1.807, 2.05) is 13.8 Å². The van der Waals surface area contributed by atoms with E-state index in [0.29, 0.717) is 12.2 Å². The standard InChI is InChI=1S/C16H20N4O3/c1-4-5-10-19(12(3)21)14-17-15(22)20(16(23)18-14)13-8-6-11(2)7-9-13/h6-9H,4-5,10H2,1-3H3,(H,17,18,22,23). The number of unbranched alkanes of at least 4 members (excludes halogenated alkanes) is 1. The number of aromatic nitrogens is 3. The van der Waals surface area contributed by atoms with Crippen molar-refractivity contribution in [3.05, 3.63) is 50.8 Å². The van der Waals surface area contributed by atoms with Crippen molar-refractivity contribution < 1.29 is 4.79 Å². The van der Waals surface area contributed by atoms with Gasteiger partial charge < -0.3 is 0 Å². The number of nitrogens with zero attached hydrogens (tertiary/aromatic N) is 3. The molecule has 0 spiro atoms.